The van der Waals surface area contributed by atoms with Crippen LogP contribution in [0.25, 0.3) is 0 Å². The van der Waals surface area contributed by atoms with E-state index in [9.17, 15) is 14.4 Å². The first kappa shape index (κ1) is 18.7. The van der Waals surface area contributed by atoms with E-state index in [0.29, 0.717) is 30.8 Å². The quantitative estimate of drug-likeness (QED) is 0.848. The maximum Gasteiger partial charge on any atom is 0.290 e. The van der Waals surface area contributed by atoms with Gasteiger partial charge in [0.1, 0.15) is 6.04 Å². The van der Waals surface area contributed by atoms with Crippen molar-refractivity contribution in [3.63, 3.8) is 0 Å². The van der Waals surface area contributed by atoms with Gasteiger partial charge in [-0.2, -0.15) is 0 Å². The summed E-state index contributed by atoms with van der Waals surface area (Å²) in [5.74, 6) is -0.425. The van der Waals surface area contributed by atoms with Crippen LogP contribution in [0.3, 0.4) is 0 Å². The zero-order valence-corrected chi connectivity index (χ0v) is 15.2. The zero-order valence-electron chi connectivity index (χ0n) is 15.2. The number of nitrogens with zero attached hydrogens (tertiary/aromatic N) is 1. The molecule has 1 fully saturated rings. The molecule has 7 nitrogen and oxygen atoms in total. The first-order valence-corrected chi connectivity index (χ1v) is 9.13. The Morgan fingerprint density at radius 3 is 2.59 bits per heavy atom. The molecule has 1 atom stereocenters. The highest BCUT2D eigenvalue weighted by Crippen LogP contribution is 2.22. The van der Waals surface area contributed by atoms with Crippen molar-refractivity contribution in [3.8, 4) is 0 Å². The van der Waals surface area contributed by atoms with Crippen molar-refractivity contribution in [2.75, 3.05) is 18.4 Å². The molecule has 1 aromatic carbocycles. The largest absolute Gasteiger partial charge is 0.459 e. The third-order valence-electron chi connectivity index (χ3n) is 4.55. The van der Waals surface area contributed by atoms with Crippen molar-refractivity contribution >= 4 is 23.4 Å². The van der Waals surface area contributed by atoms with Crippen LogP contribution in [0.4, 0.5) is 5.69 Å². The van der Waals surface area contributed by atoms with Crippen LogP contribution < -0.4 is 10.6 Å². The van der Waals surface area contributed by atoms with E-state index in [1.54, 1.807) is 41.3 Å². The molecular formula is C20H23N3O4. The molecule has 1 aliphatic heterocycles. The summed E-state index contributed by atoms with van der Waals surface area (Å²) in [4.78, 5) is 38.8. The van der Waals surface area contributed by atoms with Gasteiger partial charge in [-0.15, -0.1) is 0 Å². The monoisotopic (exact) mass is 369 g/mol. The van der Waals surface area contributed by atoms with E-state index < -0.39 is 6.04 Å². The van der Waals surface area contributed by atoms with E-state index in [1.807, 2.05) is 6.92 Å². The number of likely N-dealkylation sites (tertiary alicyclic amines) is 1. The third-order valence-corrected chi connectivity index (χ3v) is 4.55. The van der Waals surface area contributed by atoms with Crippen LogP contribution >= 0.6 is 0 Å². The second kappa shape index (κ2) is 8.53. The highest BCUT2D eigenvalue weighted by Gasteiger charge is 2.33. The van der Waals surface area contributed by atoms with Crippen molar-refractivity contribution in [2.24, 2.45) is 0 Å². The summed E-state index contributed by atoms with van der Waals surface area (Å²) in [5, 5.41) is 5.57. The molecule has 1 aromatic heterocycles. The number of furan rings is 1. The summed E-state index contributed by atoms with van der Waals surface area (Å²) in [5.41, 5.74) is 1.12. The van der Waals surface area contributed by atoms with Crippen LogP contribution in [0.5, 0.6) is 0 Å². The lowest BCUT2D eigenvalue weighted by molar-refractivity contribution is -0.121. The molecule has 1 saturated heterocycles. The first-order valence-electron chi connectivity index (χ1n) is 9.13. The van der Waals surface area contributed by atoms with Gasteiger partial charge in [0.2, 0.25) is 5.91 Å². The van der Waals surface area contributed by atoms with Crippen molar-refractivity contribution < 1.29 is 18.8 Å². The van der Waals surface area contributed by atoms with Crippen LogP contribution in [0.15, 0.2) is 47.1 Å². The van der Waals surface area contributed by atoms with Crippen molar-refractivity contribution in [1.82, 2.24) is 10.2 Å². The Balaban J connectivity index is 1.68. The normalized spacial score (nSPS) is 16.6. The van der Waals surface area contributed by atoms with Crippen molar-refractivity contribution in [2.45, 2.75) is 32.2 Å². The molecule has 1 aliphatic rings. The average molecular weight is 369 g/mol. The lowest BCUT2D eigenvalue weighted by Gasteiger charge is -2.34. The van der Waals surface area contributed by atoms with Crippen molar-refractivity contribution in [1.29, 1.82) is 0 Å². The number of hydrogen-bond acceptors (Lipinski definition) is 4. The highest BCUT2D eigenvalue weighted by molar-refractivity contribution is 6.00. The van der Waals surface area contributed by atoms with Gasteiger partial charge in [-0.1, -0.05) is 0 Å². The molecule has 0 radical (unpaired) electrons. The standard InChI is InChI=1S/C20H23N3O4/c1-2-21-18(24)14-8-10-15(11-9-14)22-19(25)16-6-3-4-12-23(16)20(26)17-7-5-13-27-17/h5,7-11,13,16H,2-4,6,12H2,1H3,(H,21,24)(H,22,25). The number of carbonyl (C=O) groups excluding carboxylic acids is 3. The minimum atomic E-state index is -0.542. The van der Waals surface area contributed by atoms with E-state index in [0.717, 1.165) is 12.8 Å². The molecule has 2 N–H and O–H groups in total. The summed E-state index contributed by atoms with van der Waals surface area (Å²) in [6.07, 6.45) is 3.80. The lowest BCUT2D eigenvalue weighted by atomic mass is 10.0. The zero-order chi connectivity index (χ0) is 19.2. The number of amides is 3. The smallest absolute Gasteiger partial charge is 0.290 e. The van der Waals surface area contributed by atoms with Gasteiger partial charge >= 0.3 is 0 Å². The Morgan fingerprint density at radius 2 is 1.93 bits per heavy atom. The van der Waals surface area contributed by atoms with Gasteiger partial charge < -0.3 is 20.0 Å². The van der Waals surface area contributed by atoms with Crippen molar-refractivity contribution in [3.05, 3.63) is 54.0 Å². The van der Waals surface area contributed by atoms with Crippen LogP contribution in [0, 0.1) is 0 Å². The SMILES string of the molecule is CCNC(=O)c1ccc(NC(=O)C2CCCCN2C(=O)c2ccco2)cc1. The maximum absolute atomic E-state index is 12.8. The molecule has 3 amide bonds. The Kier molecular flexibility index (Phi) is 5.90. The lowest BCUT2D eigenvalue weighted by Crippen LogP contribution is -2.49. The Morgan fingerprint density at radius 1 is 1.15 bits per heavy atom. The molecule has 0 aliphatic carbocycles. The highest BCUT2D eigenvalue weighted by atomic mass is 16.3. The molecule has 2 aromatic rings. The number of anilines is 1. The van der Waals surface area contributed by atoms with Gasteiger partial charge in [0.15, 0.2) is 5.76 Å². The van der Waals surface area contributed by atoms with Crippen LogP contribution in [-0.2, 0) is 4.79 Å². The summed E-state index contributed by atoms with van der Waals surface area (Å²) in [7, 11) is 0. The number of hydrogen-bond donors (Lipinski definition) is 2. The molecule has 0 spiro atoms. The fourth-order valence-corrected chi connectivity index (χ4v) is 3.18. The third kappa shape index (κ3) is 4.36. The van der Waals surface area contributed by atoms with E-state index in [1.165, 1.54) is 6.26 Å². The second-order valence-electron chi connectivity index (χ2n) is 6.41. The Bertz CT molecular complexity index is 799. The summed E-state index contributed by atoms with van der Waals surface area (Å²) in [6.45, 7) is 2.93. The van der Waals surface area contributed by atoms with Gasteiger partial charge in [-0.25, -0.2) is 0 Å². The topological polar surface area (TPSA) is 91.7 Å². The van der Waals surface area contributed by atoms with E-state index in [-0.39, 0.29) is 23.5 Å². The summed E-state index contributed by atoms with van der Waals surface area (Å²) in [6, 6.07) is 9.41. The molecule has 27 heavy (non-hydrogen) atoms. The van der Waals surface area contributed by atoms with Crippen LogP contribution in [-0.4, -0.2) is 41.8 Å². The predicted octanol–water partition coefficient (Wildman–Crippen LogP) is 2.66. The van der Waals surface area contributed by atoms with E-state index in [4.69, 9.17) is 4.42 Å². The first-order chi connectivity index (χ1) is 13.1. The fourth-order valence-electron chi connectivity index (χ4n) is 3.18. The van der Waals surface area contributed by atoms with Crippen LogP contribution in [0.1, 0.15) is 47.1 Å². The number of rotatable bonds is 5. The summed E-state index contributed by atoms with van der Waals surface area (Å²) >= 11 is 0. The molecular weight excluding hydrogens is 346 g/mol. The number of piperidine rings is 1. The Hall–Kier alpha value is -3.09. The molecule has 3 rings (SSSR count). The van der Waals surface area contributed by atoms with Gasteiger partial charge in [-0.3, -0.25) is 14.4 Å². The molecule has 0 bridgehead atoms. The molecule has 0 saturated carbocycles. The van der Waals surface area contributed by atoms with Gasteiger partial charge in [-0.05, 0) is 62.6 Å². The maximum atomic E-state index is 12.8. The van der Waals surface area contributed by atoms with Gasteiger partial charge in [0.05, 0.1) is 6.26 Å². The molecule has 1 unspecified atom stereocenters. The summed E-state index contributed by atoms with van der Waals surface area (Å²) < 4.78 is 5.19. The van der Waals surface area contributed by atoms with E-state index >= 15 is 0 Å². The predicted molar refractivity (Wildman–Crippen MR) is 100 cm³/mol. The average Bonchev–Trinajstić information content (AvgIpc) is 3.23. The number of benzene rings is 1. The van der Waals surface area contributed by atoms with Gasteiger partial charge in [0, 0.05) is 24.3 Å². The minimum absolute atomic E-state index is 0.155. The van der Waals surface area contributed by atoms with E-state index in [2.05, 4.69) is 10.6 Å². The molecule has 2 heterocycles. The fraction of sp³-hybridized carbons (Fsp3) is 0.350. The van der Waals surface area contributed by atoms with Crippen LogP contribution in [0.2, 0.25) is 0 Å². The second-order valence-corrected chi connectivity index (χ2v) is 6.41. The number of nitrogens with one attached hydrogen (secondary N) is 2. The molecule has 142 valence electrons. The number of carbonyl (C=O) groups is 3. The molecule has 7 heteroatoms. The Labute approximate surface area is 157 Å². The minimum Gasteiger partial charge on any atom is -0.459 e. The van der Waals surface area contributed by atoms with Gasteiger partial charge in [0.25, 0.3) is 11.8 Å².